The SMILES string of the molecule is [2H]P(=O)([B][3H])SC(/C(C)=C/c1csc(C)n1)[C@@H](C)/C=C(/C)CCC[C@H](C)[C@H](O[Si](C)(C)C(C)(C)C)[C@@H](C)C(=O)C(C)(C)[C@H](CCO)O[Si](C)(C)C(C)(C)C. The van der Waals surface area contributed by atoms with Gasteiger partial charge in [0.15, 0.2) is 24.2 Å². The minimum atomic E-state index is -3.55. The lowest BCUT2D eigenvalue weighted by Crippen LogP contribution is -2.54. The number of thiazole rings is 1. The van der Waals surface area contributed by atoms with Crippen molar-refractivity contribution < 1.29 is 23.3 Å². The van der Waals surface area contributed by atoms with Gasteiger partial charge >= 0.3 is 0 Å². The highest BCUT2D eigenvalue weighted by atomic mass is 32.7. The second-order valence-corrected chi connectivity index (χ2v) is 32.4. The van der Waals surface area contributed by atoms with Crippen LogP contribution in [0, 0.1) is 30.1 Å². The first kappa shape index (κ1) is 46.1. The predicted molar refractivity (Wildman–Crippen MR) is 238 cm³/mol. The number of Topliss-reactive ketones (excluding diaryl/α,β-unsaturated/α-hetero) is 1. The van der Waals surface area contributed by atoms with E-state index < -0.39 is 35.0 Å². The van der Waals surface area contributed by atoms with Crippen LogP contribution in [0.3, 0.4) is 0 Å². The van der Waals surface area contributed by atoms with Gasteiger partial charge in [-0.1, -0.05) is 93.4 Å². The lowest BCUT2D eigenvalue weighted by Gasteiger charge is -2.46. The average Bonchev–Trinajstić information content (AvgIpc) is 3.44. The highest BCUT2D eigenvalue weighted by Crippen LogP contribution is 2.45. The number of hydrogen-bond acceptors (Lipinski definition) is 8. The molecule has 299 valence electrons. The molecular formula is C40H76BNO5PS2Si2. The van der Waals surface area contributed by atoms with E-state index in [-0.39, 0.29) is 51.6 Å². The van der Waals surface area contributed by atoms with E-state index in [0.29, 0.717) is 6.42 Å². The van der Waals surface area contributed by atoms with Crippen molar-refractivity contribution in [3.8, 4) is 0 Å². The first-order chi connectivity index (χ1) is 24.3. The molecule has 0 spiro atoms. The van der Waals surface area contributed by atoms with Crippen LogP contribution in [0.25, 0.3) is 6.08 Å². The van der Waals surface area contributed by atoms with Gasteiger partial charge in [-0.05, 0) is 102 Å². The van der Waals surface area contributed by atoms with E-state index in [2.05, 4.69) is 99.6 Å². The Bertz CT molecular complexity index is 1470. The zero-order chi connectivity index (χ0) is 42.3. The van der Waals surface area contributed by atoms with Crippen molar-refractivity contribution in [2.75, 3.05) is 6.61 Å². The predicted octanol–water partition coefficient (Wildman–Crippen LogP) is 12.0. The molecule has 0 saturated heterocycles. The molecule has 6 nitrogen and oxygen atoms in total. The molecule has 0 amide bonds. The molecule has 1 radical (unpaired) electrons. The number of carbonyl (C=O) groups excluding carboxylic acids is 1. The van der Waals surface area contributed by atoms with Gasteiger partial charge < -0.3 is 18.5 Å². The number of ketones is 1. The van der Waals surface area contributed by atoms with Crippen molar-refractivity contribution in [1.82, 2.24) is 4.98 Å². The molecule has 0 aromatic carbocycles. The van der Waals surface area contributed by atoms with Gasteiger partial charge in [0.25, 0.3) is 0 Å². The quantitative estimate of drug-likeness (QED) is 0.0709. The van der Waals surface area contributed by atoms with Gasteiger partial charge in [0, 0.05) is 28.6 Å². The van der Waals surface area contributed by atoms with E-state index in [9.17, 15) is 14.5 Å². The van der Waals surface area contributed by atoms with E-state index in [0.717, 1.165) is 54.4 Å². The van der Waals surface area contributed by atoms with E-state index in [1.807, 2.05) is 46.1 Å². The lowest BCUT2D eigenvalue weighted by molar-refractivity contribution is -0.141. The molecule has 12 heteroatoms. The van der Waals surface area contributed by atoms with Crippen LogP contribution in [0.1, 0.15) is 126 Å². The minimum absolute atomic E-state index is 0.0167. The standard InChI is InChI=1S/C40H76BNO5PS2Si2/c1-27(24-29(3)36(50-48(41)45)30(4)25-33-26-49-32(6)42-33)20-19-21-28(2)35(47-52(17,18)39(10,11)12)31(5)37(44)40(13,14)34(22-23-43)46-51(15,16)38(7,8)9/h24-26,28-29,31,34-36,41,43,48H,19-23H2,1-18H3/b27-24-,30-25+/t28-,29-,31+,34-,35-,36?/m0/s1/i41T,48D. The molecule has 0 fully saturated rings. The van der Waals surface area contributed by atoms with Gasteiger partial charge in [0.1, 0.15) is 5.78 Å². The summed E-state index contributed by atoms with van der Waals surface area (Å²) in [5, 5.41) is 12.8. The number of rotatable bonds is 22. The summed E-state index contributed by atoms with van der Waals surface area (Å²) in [5.74, 6) is -0.143. The Labute approximate surface area is 334 Å². The van der Waals surface area contributed by atoms with Crippen molar-refractivity contribution in [2.45, 2.75) is 176 Å². The fourth-order valence-electron chi connectivity index (χ4n) is 6.29. The average molecular weight is 816 g/mol. The highest BCUT2D eigenvalue weighted by molar-refractivity contribution is 8.58. The van der Waals surface area contributed by atoms with E-state index in [1.165, 1.54) is 5.57 Å². The zero-order valence-corrected chi connectivity index (χ0v) is 40.6. The number of hydrogen-bond donors (Lipinski definition) is 1. The van der Waals surface area contributed by atoms with Crippen LogP contribution in [0.5, 0.6) is 0 Å². The second-order valence-electron chi connectivity index (χ2n) is 18.8. The molecular weight excluding hydrogens is 737 g/mol. The van der Waals surface area contributed by atoms with Crippen molar-refractivity contribution in [3.05, 3.63) is 33.3 Å². The summed E-state index contributed by atoms with van der Waals surface area (Å²) in [6.07, 6.45) is 6.63. The third kappa shape index (κ3) is 14.7. The zero-order valence-electron chi connectivity index (χ0n) is 38.1. The molecule has 1 aromatic heterocycles. The maximum absolute atomic E-state index is 14.7. The number of allylic oxidation sites excluding steroid dienone is 2. The topological polar surface area (TPSA) is 85.7 Å². The molecule has 2 unspecified atom stereocenters. The van der Waals surface area contributed by atoms with Crippen LogP contribution in [-0.4, -0.2) is 66.7 Å². The van der Waals surface area contributed by atoms with Crippen molar-refractivity contribution in [3.63, 3.8) is 0 Å². The summed E-state index contributed by atoms with van der Waals surface area (Å²) in [4.78, 5) is 19.2. The molecule has 0 saturated carbocycles. The first-order valence-corrected chi connectivity index (χ1v) is 28.7. The number of aliphatic hydroxyl groups is 1. The van der Waals surface area contributed by atoms with E-state index >= 15 is 0 Å². The van der Waals surface area contributed by atoms with Crippen LogP contribution in [0.2, 0.25) is 36.3 Å². The molecule has 7 atom stereocenters. The maximum Gasteiger partial charge on any atom is 0.192 e. The summed E-state index contributed by atoms with van der Waals surface area (Å²) in [7, 11) is -3.70. The Hall–Kier alpha value is -0.261. The highest BCUT2D eigenvalue weighted by Gasteiger charge is 2.49. The minimum Gasteiger partial charge on any atom is -0.413 e. The molecule has 1 N–H and O–H groups in total. The molecule has 0 bridgehead atoms. The summed E-state index contributed by atoms with van der Waals surface area (Å²) in [6.45, 7) is 35.0. The third-order valence-electron chi connectivity index (χ3n) is 11.7. The summed E-state index contributed by atoms with van der Waals surface area (Å²) in [6, 6.07) is 0. The number of aromatic nitrogens is 1. The fraction of sp³-hybridized carbons (Fsp3) is 0.800. The van der Waals surface area contributed by atoms with Gasteiger partial charge in [-0.15, -0.1) is 22.7 Å². The maximum atomic E-state index is 14.7. The lowest BCUT2D eigenvalue weighted by atomic mass is 9.73. The Balaban J connectivity index is 3.35. The third-order valence-corrected chi connectivity index (χ3v) is 24.0. The van der Waals surface area contributed by atoms with Gasteiger partial charge in [0.05, 0.1) is 31.0 Å². The van der Waals surface area contributed by atoms with Crippen molar-refractivity contribution >= 4 is 65.6 Å². The monoisotopic (exact) mass is 815 g/mol. The normalized spacial score (nSPS) is 19.5. The van der Waals surface area contributed by atoms with Crippen LogP contribution in [0.15, 0.2) is 22.6 Å². The Morgan fingerprint density at radius 2 is 1.63 bits per heavy atom. The number of aryl methyl sites for hydroxylation is 1. The van der Waals surface area contributed by atoms with Gasteiger partial charge in [-0.2, -0.15) is 0 Å². The summed E-state index contributed by atoms with van der Waals surface area (Å²) >= 11 is 2.64. The number of aliphatic hydroxyl groups excluding tert-OH is 1. The molecule has 0 aliphatic heterocycles. The van der Waals surface area contributed by atoms with Crippen LogP contribution < -0.4 is 0 Å². The smallest absolute Gasteiger partial charge is 0.192 e. The number of carbonyl (C=O) groups is 1. The van der Waals surface area contributed by atoms with Crippen molar-refractivity contribution in [1.29, 1.82) is 2.61 Å². The summed E-state index contributed by atoms with van der Waals surface area (Å²) in [5.41, 5.74) is 2.24. The van der Waals surface area contributed by atoms with E-state index in [1.54, 1.807) is 11.3 Å². The second kappa shape index (κ2) is 20.2. The van der Waals surface area contributed by atoms with Gasteiger partial charge in [-0.25, -0.2) is 4.98 Å². The molecule has 52 heavy (non-hydrogen) atoms. The molecule has 1 rings (SSSR count). The Morgan fingerprint density at radius 1 is 1.08 bits per heavy atom. The van der Waals surface area contributed by atoms with Crippen molar-refractivity contribution in [2.24, 2.45) is 23.2 Å². The summed E-state index contributed by atoms with van der Waals surface area (Å²) < 4.78 is 42.7. The van der Waals surface area contributed by atoms with Gasteiger partial charge in [-0.3, -0.25) is 4.79 Å². The van der Waals surface area contributed by atoms with E-state index in [4.69, 9.17) is 11.5 Å². The fourth-order valence-corrected chi connectivity index (χ4v) is 12.3. The van der Waals surface area contributed by atoms with Gasteiger partial charge in [0.2, 0.25) is 0 Å². The number of nitrogens with zero attached hydrogens (tertiary/aromatic N) is 1. The molecule has 0 aliphatic rings. The first-order valence-electron chi connectivity index (χ1n) is 20.2. The Kier molecular flexibility index (Phi) is 18.0. The largest absolute Gasteiger partial charge is 0.413 e. The van der Waals surface area contributed by atoms with Crippen LogP contribution >= 0.6 is 29.5 Å². The Morgan fingerprint density at radius 3 is 2.12 bits per heavy atom. The molecule has 1 heterocycles. The molecule has 0 aliphatic carbocycles. The van der Waals surface area contributed by atoms with Crippen LogP contribution in [-0.2, 0) is 18.2 Å². The van der Waals surface area contributed by atoms with Crippen LogP contribution in [0.4, 0.5) is 0 Å². The molecule has 1 aromatic rings.